The van der Waals surface area contributed by atoms with E-state index in [-0.39, 0.29) is 12.6 Å². The Hall–Kier alpha value is -1.76. The van der Waals surface area contributed by atoms with Crippen LogP contribution >= 0.6 is 0 Å². The van der Waals surface area contributed by atoms with Crippen molar-refractivity contribution in [2.75, 3.05) is 19.8 Å². The van der Waals surface area contributed by atoms with E-state index in [0.29, 0.717) is 24.9 Å². The molecule has 1 aliphatic heterocycles. The average Bonchev–Trinajstić information content (AvgIpc) is 2.96. The van der Waals surface area contributed by atoms with Crippen LogP contribution in [0.3, 0.4) is 0 Å². The van der Waals surface area contributed by atoms with Crippen molar-refractivity contribution in [3.05, 3.63) is 47.6 Å². The summed E-state index contributed by atoms with van der Waals surface area (Å²) >= 11 is 0. The van der Waals surface area contributed by atoms with Crippen molar-refractivity contribution in [1.29, 1.82) is 0 Å². The van der Waals surface area contributed by atoms with Gasteiger partial charge in [-0.2, -0.15) is 4.98 Å². The Morgan fingerprint density at radius 2 is 2.15 bits per heavy atom. The molecule has 6 heteroatoms. The lowest BCUT2D eigenvalue weighted by Gasteiger charge is -2.35. The number of hydrogen-bond acceptors (Lipinski definition) is 6. The monoisotopic (exact) mass is 274 g/mol. The van der Waals surface area contributed by atoms with E-state index in [2.05, 4.69) is 27.2 Å². The van der Waals surface area contributed by atoms with Gasteiger partial charge in [-0.1, -0.05) is 35.5 Å². The van der Waals surface area contributed by atoms with Crippen LogP contribution in [-0.2, 0) is 17.8 Å². The van der Waals surface area contributed by atoms with Crippen molar-refractivity contribution < 1.29 is 9.26 Å². The van der Waals surface area contributed by atoms with E-state index >= 15 is 0 Å². The third-order valence-electron chi connectivity index (χ3n) is 3.45. The molecular formula is C14H18N4O2. The third-order valence-corrected chi connectivity index (χ3v) is 3.45. The molecule has 1 fully saturated rings. The Labute approximate surface area is 117 Å². The van der Waals surface area contributed by atoms with Crippen LogP contribution in [0.1, 0.15) is 23.3 Å². The maximum atomic E-state index is 5.60. The zero-order valence-electron chi connectivity index (χ0n) is 11.2. The van der Waals surface area contributed by atoms with E-state index in [1.54, 1.807) is 0 Å². The molecule has 1 unspecified atom stereocenters. The van der Waals surface area contributed by atoms with Gasteiger partial charge in [0.05, 0.1) is 32.3 Å². The summed E-state index contributed by atoms with van der Waals surface area (Å²) in [4.78, 5) is 6.58. The van der Waals surface area contributed by atoms with Crippen molar-refractivity contribution in [3.63, 3.8) is 0 Å². The van der Waals surface area contributed by atoms with E-state index in [9.17, 15) is 0 Å². The van der Waals surface area contributed by atoms with Crippen LogP contribution in [0.2, 0.25) is 0 Å². The predicted molar refractivity (Wildman–Crippen MR) is 72.6 cm³/mol. The molecule has 0 aliphatic carbocycles. The first-order valence-electron chi connectivity index (χ1n) is 6.75. The number of aromatic nitrogens is 2. The highest BCUT2D eigenvalue weighted by Crippen LogP contribution is 2.25. The minimum Gasteiger partial charge on any atom is -0.378 e. The number of nitrogens with zero attached hydrogens (tertiary/aromatic N) is 3. The highest BCUT2D eigenvalue weighted by molar-refractivity contribution is 5.19. The van der Waals surface area contributed by atoms with Crippen LogP contribution in [-0.4, -0.2) is 34.8 Å². The molecule has 1 aromatic heterocycles. The predicted octanol–water partition coefficient (Wildman–Crippen LogP) is 1.10. The summed E-state index contributed by atoms with van der Waals surface area (Å²) < 4.78 is 10.7. The molecule has 0 radical (unpaired) electrons. The largest absolute Gasteiger partial charge is 0.378 e. The lowest BCUT2D eigenvalue weighted by Crippen LogP contribution is -2.39. The van der Waals surface area contributed by atoms with Crippen LogP contribution in [0.5, 0.6) is 0 Å². The fourth-order valence-corrected chi connectivity index (χ4v) is 2.43. The first-order valence-corrected chi connectivity index (χ1v) is 6.75. The van der Waals surface area contributed by atoms with E-state index in [1.165, 1.54) is 5.56 Å². The molecule has 2 N–H and O–H groups in total. The SMILES string of the molecule is NCc1nc(CN2CCOCC2c2ccccc2)no1. The second kappa shape index (κ2) is 6.13. The number of nitrogens with two attached hydrogens (primary N) is 1. The van der Waals surface area contributed by atoms with Crippen molar-refractivity contribution in [1.82, 2.24) is 15.0 Å². The highest BCUT2D eigenvalue weighted by atomic mass is 16.5. The molecule has 0 spiro atoms. The fourth-order valence-electron chi connectivity index (χ4n) is 2.43. The molecule has 6 nitrogen and oxygen atoms in total. The van der Waals surface area contributed by atoms with Crippen molar-refractivity contribution >= 4 is 0 Å². The molecule has 1 atom stereocenters. The zero-order chi connectivity index (χ0) is 13.8. The van der Waals surface area contributed by atoms with Gasteiger partial charge in [0.1, 0.15) is 0 Å². The van der Waals surface area contributed by atoms with Crippen LogP contribution in [0, 0.1) is 0 Å². The second-order valence-electron chi connectivity index (χ2n) is 4.78. The molecule has 0 saturated carbocycles. The Morgan fingerprint density at radius 3 is 2.90 bits per heavy atom. The van der Waals surface area contributed by atoms with E-state index in [0.717, 1.165) is 13.2 Å². The summed E-state index contributed by atoms with van der Waals surface area (Å²) in [5, 5.41) is 3.96. The fraction of sp³-hybridized carbons (Fsp3) is 0.429. The van der Waals surface area contributed by atoms with E-state index in [4.69, 9.17) is 15.0 Å². The van der Waals surface area contributed by atoms with Gasteiger partial charge in [0, 0.05) is 6.54 Å². The quantitative estimate of drug-likeness (QED) is 0.899. The van der Waals surface area contributed by atoms with Crippen LogP contribution < -0.4 is 5.73 Å². The normalized spacial score (nSPS) is 20.1. The maximum absolute atomic E-state index is 5.60. The van der Waals surface area contributed by atoms with Gasteiger partial charge in [-0.3, -0.25) is 4.90 Å². The van der Waals surface area contributed by atoms with Gasteiger partial charge in [0.25, 0.3) is 0 Å². The first kappa shape index (κ1) is 13.2. The van der Waals surface area contributed by atoms with Crippen LogP contribution in [0.25, 0.3) is 0 Å². The molecule has 2 aromatic rings. The molecular weight excluding hydrogens is 256 g/mol. The molecule has 1 aromatic carbocycles. The number of benzene rings is 1. The van der Waals surface area contributed by atoms with E-state index < -0.39 is 0 Å². The van der Waals surface area contributed by atoms with Crippen LogP contribution in [0.4, 0.5) is 0 Å². The van der Waals surface area contributed by atoms with Gasteiger partial charge in [-0.25, -0.2) is 0 Å². The standard InChI is InChI=1S/C14H18N4O2/c15-8-14-16-13(17-20-14)9-18-6-7-19-10-12(18)11-4-2-1-3-5-11/h1-5,12H,6-10,15H2. The number of morpholine rings is 1. The van der Waals surface area contributed by atoms with Crippen LogP contribution in [0.15, 0.2) is 34.9 Å². The molecule has 0 amide bonds. The molecule has 0 bridgehead atoms. The summed E-state index contributed by atoms with van der Waals surface area (Å²) in [6, 6.07) is 10.6. The summed E-state index contributed by atoms with van der Waals surface area (Å²) in [5.74, 6) is 1.15. The van der Waals surface area contributed by atoms with Crippen molar-refractivity contribution in [3.8, 4) is 0 Å². The number of hydrogen-bond donors (Lipinski definition) is 1. The van der Waals surface area contributed by atoms with Crippen molar-refractivity contribution in [2.45, 2.75) is 19.1 Å². The highest BCUT2D eigenvalue weighted by Gasteiger charge is 2.25. The van der Waals surface area contributed by atoms with E-state index in [1.807, 2.05) is 18.2 Å². The lowest BCUT2D eigenvalue weighted by molar-refractivity contribution is -0.0141. The van der Waals surface area contributed by atoms with Gasteiger partial charge < -0.3 is 15.0 Å². The molecule has 1 aliphatic rings. The molecule has 2 heterocycles. The molecule has 20 heavy (non-hydrogen) atoms. The molecule has 106 valence electrons. The van der Waals surface area contributed by atoms with Gasteiger partial charge in [0.2, 0.25) is 5.89 Å². The minimum atomic E-state index is 0.227. The first-order chi connectivity index (χ1) is 9.86. The number of rotatable bonds is 4. The van der Waals surface area contributed by atoms with Gasteiger partial charge in [-0.05, 0) is 5.56 Å². The summed E-state index contributed by atoms with van der Waals surface area (Å²) in [5.41, 5.74) is 6.73. The topological polar surface area (TPSA) is 77.4 Å². The summed E-state index contributed by atoms with van der Waals surface area (Å²) in [6.07, 6.45) is 0. The number of ether oxygens (including phenoxy) is 1. The maximum Gasteiger partial charge on any atom is 0.240 e. The summed E-state index contributed by atoms with van der Waals surface area (Å²) in [6.45, 7) is 3.19. The third kappa shape index (κ3) is 2.87. The van der Waals surface area contributed by atoms with Gasteiger partial charge in [0.15, 0.2) is 5.82 Å². The van der Waals surface area contributed by atoms with Gasteiger partial charge >= 0.3 is 0 Å². The molecule has 1 saturated heterocycles. The zero-order valence-corrected chi connectivity index (χ0v) is 11.2. The second-order valence-corrected chi connectivity index (χ2v) is 4.78. The Bertz CT molecular complexity index is 543. The Kier molecular flexibility index (Phi) is 4.05. The molecule has 3 rings (SSSR count). The summed E-state index contributed by atoms with van der Waals surface area (Å²) in [7, 11) is 0. The van der Waals surface area contributed by atoms with Crippen molar-refractivity contribution in [2.24, 2.45) is 5.73 Å². The van der Waals surface area contributed by atoms with Gasteiger partial charge in [-0.15, -0.1) is 0 Å². The lowest BCUT2D eigenvalue weighted by atomic mass is 10.1. The average molecular weight is 274 g/mol. The Morgan fingerprint density at radius 1 is 1.30 bits per heavy atom. The minimum absolute atomic E-state index is 0.227. The Balaban J connectivity index is 1.75. The smallest absolute Gasteiger partial charge is 0.240 e.